The van der Waals surface area contributed by atoms with Crippen molar-refractivity contribution in [2.24, 2.45) is 5.92 Å². The average molecular weight is 274 g/mol. The standard InChI is InChI=1S/C16H22N2O2/c1-4-9-20-15-7-5-13(10-14(15)17)6-8-16(19)18-11-12(2)3/h4-8,10,12H,1,9,11,17H2,2-3H3,(H,18,19)/b8-6-. The van der Waals surface area contributed by atoms with Crippen molar-refractivity contribution in [1.29, 1.82) is 0 Å². The second kappa shape index (κ2) is 8.04. The highest BCUT2D eigenvalue weighted by molar-refractivity contribution is 5.91. The highest BCUT2D eigenvalue weighted by atomic mass is 16.5. The summed E-state index contributed by atoms with van der Waals surface area (Å²) in [5.41, 5.74) is 7.27. The molecule has 0 atom stereocenters. The first-order valence-electron chi connectivity index (χ1n) is 6.62. The Morgan fingerprint density at radius 3 is 2.85 bits per heavy atom. The molecular weight excluding hydrogens is 252 g/mol. The van der Waals surface area contributed by atoms with Crippen LogP contribution in [-0.2, 0) is 4.79 Å². The largest absolute Gasteiger partial charge is 0.487 e. The Morgan fingerprint density at radius 2 is 2.25 bits per heavy atom. The van der Waals surface area contributed by atoms with E-state index in [0.717, 1.165) is 5.56 Å². The molecule has 0 aromatic heterocycles. The van der Waals surface area contributed by atoms with E-state index >= 15 is 0 Å². The van der Waals surface area contributed by atoms with E-state index in [9.17, 15) is 4.79 Å². The molecule has 0 bridgehead atoms. The zero-order valence-electron chi connectivity index (χ0n) is 12.1. The fourth-order valence-corrected chi connectivity index (χ4v) is 1.49. The fraction of sp³-hybridized carbons (Fsp3) is 0.312. The molecule has 0 heterocycles. The van der Waals surface area contributed by atoms with Gasteiger partial charge in [-0.25, -0.2) is 0 Å². The van der Waals surface area contributed by atoms with Crippen LogP contribution >= 0.6 is 0 Å². The van der Waals surface area contributed by atoms with Gasteiger partial charge in [-0.15, -0.1) is 0 Å². The van der Waals surface area contributed by atoms with Gasteiger partial charge in [0.25, 0.3) is 0 Å². The van der Waals surface area contributed by atoms with Crippen LogP contribution < -0.4 is 15.8 Å². The number of nitrogens with two attached hydrogens (primary N) is 1. The quantitative estimate of drug-likeness (QED) is 0.456. The highest BCUT2D eigenvalue weighted by Crippen LogP contribution is 2.23. The maximum absolute atomic E-state index is 11.5. The molecule has 0 fully saturated rings. The zero-order chi connectivity index (χ0) is 15.0. The van der Waals surface area contributed by atoms with Crippen molar-refractivity contribution in [1.82, 2.24) is 5.32 Å². The summed E-state index contributed by atoms with van der Waals surface area (Å²) in [5.74, 6) is 0.944. The Kier molecular flexibility index (Phi) is 6.37. The van der Waals surface area contributed by atoms with Crippen LogP contribution in [0.3, 0.4) is 0 Å². The molecule has 1 aromatic rings. The smallest absolute Gasteiger partial charge is 0.244 e. The lowest BCUT2D eigenvalue weighted by atomic mass is 10.1. The van der Waals surface area contributed by atoms with Gasteiger partial charge in [0.1, 0.15) is 12.4 Å². The van der Waals surface area contributed by atoms with Crippen molar-refractivity contribution in [2.75, 3.05) is 18.9 Å². The van der Waals surface area contributed by atoms with E-state index < -0.39 is 0 Å². The summed E-state index contributed by atoms with van der Waals surface area (Å²) in [6, 6.07) is 5.40. The number of carbonyl (C=O) groups excluding carboxylic acids is 1. The van der Waals surface area contributed by atoms with Crippen molar-refractivity contribution < 1.29 is 9.53 Å². The Balaban J connectivity index is 2.62. The molecule has 1 rings (SSSR count). The number of nitrogens with one attached hydrogen (secondary N) is 1. The maximum Gasteiger partial charge on any atom is 0.244 e. The van der Waals surface area contributed by atoms with E-state index in [0.29, 0.717) is 30.5 Å². The van der Waals surface area contributed by atoms with Crippen molar-refractivity contribution >= 4 is 17.7 Å². The number of benzene rings is 1. The van der Waals surface area contributed by atoms with E-state index in [1.165, 1.54) is 6.08 Å². The molecule has 0 aliphatic heterocycles. The number of amides is 1. The van der Waals surface area contributed by atoms with E-state index in [1.807, 2.05) is 19.9 Å². The van der Waals surface area contributed by atoms with Crippen molar-refractivity contribution in [3.63, 3.8) is 0 Å². The number of nitrogen functional groups attached to an aromatic ring is 1. The highest BCUT2D eigenvalue weighted by Gasteiger charge is 2.01. The van der Waals surface area contributed by atoms with Crippen LogP contribution in [0.2, 0.25) is 0 Å². The van der Waals surface area contributed by atoms with Crippen molar-refractivity contribution in [3.05, 3.63) is 42.5 Å². The summed E-state index contributed by atoms with van der Waals surface area (Å²) < 4.78 is 5.39. The predicted octanol–water partition coefficient (Wildman–Crippen LogP) is 2.62. The molecule has 4 nitrogen and oxygen atoms in total. The van der Waals surface area contributed by atoms with Gasteiger partial charge in [-0.05, 0) is 29.7 Å². The molecule has 0 aliphatic rings. The topological polar surface area (TPSA) is 64.3 Å². The molecule has 0 saturated heterocycles. The normalized spacial score (nSPS) is 10.8. The number of ether oxygens (including phenoxy) is 1. The predicted molar refractivity (Wildman–Crippen MR) is 83.4 cm³/mol. The van der Waals surface area contributed by atoms with Crippen molar-refractivity contribution in [2.45, 2.75) is 13.8 Å². The third kappa shape index (κ3) is 5.61. The monoisotopic (exact) mass is 274 g/mol. The molecule has 20 heavy (non-hydrogen) atoms. The third-order valence-corrected chi connectivity index (χ3v) is 2.50. The molecule has 1 aromatic carbocycles. The van der Waals surface area contributed by atoms with Crippen LogP contribution in [0, 0.1) is 5.92 Å². The number of anilines is 1. The lowest BCUT2D eigenvalue weighted by molar-refractivity contribution is -0.116. The van der Waals surface area contributed by atoms with Gasteiger partial charge in [-0.2, -0.15) is 0 Å². The first-order chi connectivity index (χ1) is 9.52. The maximum atomic E-state index is 11.5. The van der Waals surface area contributed by atoms with Gasteiger partial charge in [0.15, 0.2) is 0 Å². The van der Waals surface area contributed by atoms with Crippen LogP contribution in [0.5, 0.6) is 5.75 Å². The Labute approximate surface area is 120 Å². The van der Waals surface area contributed by atoms with Crippen LogP contribution in [-0.4, -0.2) is 19.1 Å². The molecule has 108 valence electrons. The summed E-state index contributed by atoms with van der Waals surface area (Å²) in [5, 5.41) is 2.81. The van der Waals surface area contributed by atoms with Gasteiger partial charge < -0.3 is 15.8 Å². The molecule has 1 amide bonds. The van der Waals surface area contributed by atoms with E-state index in [-0.39, 0.29) is 5.91 Å². The van der Waals surface area contributed by atoms with Crippen molar-refractivity contribution in [3.8, 4) is 5.75 Å². The fourth-order valence-electron chi connectivity index (χ4n) is 1.49. The molecule has 3 N–H and O–H groups in total. The van der Waals surface area contributed by atoms with Crippen LogP contribution in [0.25, 0.3) is 6.08 Å². The molecule has 0 radical (unpaired) electrons. The van der Waals surface area contributed by atoms with Crippen LogP contribution in [0.4, 0.5) is 5.69 Å². The summed E-state index contributed by atoms with van der Waals surface area (Å²) in [6.45, 7) is 8.76. The first kappa shape index (κ1) is 15.8. The van der Waals surface area contributed by atoms with Gasteiger partial charge in [-0.1, -0.05) is 32.6 Å². The Morgan fingerprint density at radius 1 is 1.50 bits per heavy atom. The van der Waals surface area contributed by atoms with Gasteiger partial charge in [0, 0.05) is 12.6 Å². The van der Waals surface area contributed by atoms with Crippen LogP contribution in [0.1, 0.15) is 19.4 Å². The summed E-state index contributed by atoms with van der Waals surface area (Å²) in [4.78, 5) is 11.5. The second-order valence-corrected chi connectivity index (χ2v) is 4.87. The van der Waals surface area contributed by atoms with Gasteiger partial charge in [0.2, 0.25) is 5.91 Å². The number of carbonyl (C=O) groups is 1. The molecule has 0 spiro atoms. The Hall–Kier alpha value is -2.23. The van der Waals surface area contributed by atoms with E-state index in [2.05, 4.69) is 11.9 Å². The minimum absolute atomic E-state index is 0.107. The molecular formula is C16H22N2O2. The first-order valence-corrected chi connectivity index (χ1v) is 6.62. The number of hydrogen-bond acceptors (Lipinski definition) is 3. The minimum Gasteiger partial charge on any atom is -0.487 e. The zero-order valence-corrected chi connectivity index (χ0v) is 12.1. The van der Waals surface area contributed by atoms with E-state index in [1.54, 1.807) is 24.3 Å². The minimum atomic E-state index is -0.107. The summed E-state index contributed by atoms with van der Waals surface area (Å²) in [7, 11) is 0. The number of hydrogen-bond donors (Lipinski definition) is 2. The lowest BCUT2D eigenvalue weighted by Crippen LogP contribution is -2.25. The van der Waals surface area contributed by atoms with Gasteiger partial charge in [-0.3, -0.25) is 4.79 Å². The summed E-state index contributed by atoms with van der Waals surface area (Å²) in [6.07, 6.45) is 4.89. The average Bonchev–Trinajstić information content (AvgIpc) is 2.41. The molecule has 0 aliphatic carbocycles. The number of rotatable bonds is 7. The molecule has 0 saturated carbocycles. The molecule has 4 heteroatoms. The van der Waals surface area contributed by atoms with Gasteiger partial charge >= 0.3 is 0 Å². The Bertz CT molecular complexity index is 493. The summed E-state index contributed by atoms with van der Waals surface area (Å²) >= 11 is 0. The third-order valence-electron chi connectivity index (χ3n) is 2.50. The molecule has 0 unspecified atom stereocenters. The second-order valence-electron chi connectivity index (χ2n) is 4.87. The lowest BCUT2D eigenvalue weighted by Gasteiger charge is -2.07. The SMILES string of the molecule is C=CCOc1ccc(/C=C\C(=O)NCC(C)C)cc1N. The van der Waals surface area contributed by atoms with E-state index in [4.69, 9.17) is 10.5 Å². The van der Waals surface area contributed by atoms with Gasteiger partial charge in [0.05, 0.1) is 5.69 Å². The van der Waals surface area contributed by atoms with Crippen LogP contribution in [0.15, 0.2) is 36.9 Å².